The molecule has 3 nitrogen and oxygen atoms in total. The molecule has 0 radical (unpaired) electrons. The molecule has 17 heavy (non-hydrogen) atoms. The first-order chi connectivity index (χ1) is 7.60. The predicted molar refractivity (Wildman–Crippen MR) is 46.0 cm³/mol. The van der Waals surface area contributed by atoms with Crippen LogP contribution in [0.2, 0.25) is 0 Å². The van der Waals surface area contributed by atoms with Gasteiger partial charge in [0, 0.05) is 6.20 Å². The highest BCUT2D eigenvalue weighted by Crippen LogP contribution is 2.28. The van der Waals surface area contributed by atoms with Crippen LogP contribution in [-0.4, -0.2) is 21.3 Å². The molecule has 0 aliphatic rings. The first-order valence-corrected chi connectivity index (χ1v) is 4.20. The normalized spacial score (nSPS) is 13.9. The highest BCUT2D eigenvalue weighted by atomic mass is 35.5. The molecule has 94 valence electrons. The van der Waals surface area contributed by atoms with Crippen molar-refractivity contribution in [3.8, 4) is 0 Å². The molecule has 0 atom stereocenters. The van der Waals surface area contributed by atoms with Gasteiger partial charge < -0.3 is 0 Å². The number of aromatic nitrogens is 2. The van der Waals surface area contributed by atoms with Crippen LogP contribution in [0.25, 0.3) is 0 Å². The van der Waals surface area contributed by atoms with E-state index in [0.29, 0.717) is 12.3 Å². The van der Waals surface area contributed by atoms with Crippen LogP contribution >= 0.6 is 11.6 Å². The molecule has 0 saturated heterocycles. The maximum absolute atomic E-state index is 12.1. The van der Waals surface area contributed by atoms with Crippen LogP contribution in [0.4, 0.5) is 32.3 Å². The van der Waals surface area contributed by atoms with Crippen molar-refractivity contribution in [2.24, 2.45) is 4.99 Å². The second-order valence-corrected chi connectivity index (χ2v) is 3.00. The topological polar surface area (TPSA) is 38.1 Å². The molecule has 1 aromatic heterocycles. The average Bonchev–Trinajstić information content (AvgIpc) is 2.15. The molecule has 0 unspecified atom stereocenters. The zero-order valence-electron chi connectivity index (χ0n) is 7.64. The summed E-state index contributed by atoms with van der Waals surface area (Å²) >= 11 is 4.72. The van der Waals surface area contributed by atoms with E-state index in [9.17, 15) is 26.3 Å². The van der Waals surface area contributed by atoms with Gasteiger partial charge in [0.15, 0.2) is 0 Å². The number of rotatable bonds is 1. The first-order valence-electron chi connectivity index (χ1n) is 3.82. The number of hydrogen-bond acceptors (Lipinski definition) is 3. The van der Waals surface area contributed by atoms with Crippen LogP contribution < -0.4 is 0 Å². The summed E-state index contributed by atoms with van der Waals surface area (Å²) in [6, 6.07) is 0.501. The van der Waals surface area contributed by atoms with Gasteiger partial charge in [-0.1, -0.05) is 11.6 Å². The molecule has 0 bridgehead atoms. The summed E-state index contributed by atoms with van der Waals surface area (Å²) in [5.74, 6) is -1.01. The lowest BCUT2D eigenvalue weighted by molar-refractivity contribution is -0.141. The molecule has 1 heterocycles. The SMILES string of the molecule is FC(F)(F)C(Cl)=Nc1nccc(C(F)(F)F)n1. The molecular weight excluding hydrogens is 276 g/mol. The van der Waals surface area contributed by atoms with E-state index in [4.69, 9.17) is 11.6 Å². The summed E-state index contributed by atoms with van der Waals surface area (Å²) in [4.78, 5) is 8.55. The van der Waals surface area contributed by atoms with Crippen LogP contribution in [0.5, 0.6) is 0 Å². The maximum Gasteiger partial charge on any atom is 0.444 e. The fourth-order valence-corrected chi connectivity index (χ4v) is 0.787. The third-order valence-corrected chi connectivity index (χ3v) is 1.66. The largest absolute Gasteiger partial charge is 0.444 e. The summed E-state index contributed by atoms with van der Waals surface area (Å²) in [7, 11) is 0. The van der Waals surface area contributed by atoms with Gasteiger partial charge in [-0.15, -0.1) is 0 Å². The van der Waals surface area contributed by atoms with Gasteiger partial charge in [0.2, 0.25) is 5.17 Å². The van der Waals surface area contributed by atoms with E-state index in [1.54, 1.807) is 0 Å². The smallest absolute Gasteiger partial charge is 0.220 e. The Morgan fingerprint density at radius 1 is 1.18 bits per heavy atom. The van der Waals surface area contributed by atoms with Gasteiger partial charge in [0.25, 0.3) is 5.95 Å². The average molecular weight is 278 g/mol. The number of hydrogen-bond donors (Lipinski definition) is 0. The van der Waals surface area contributed by atoms with E-state index >= 15 is 0 Å². The van der Waals surface area contributed by atoms with Crippen LogP contribution in [0.1, 0.15) is 5.69 Å². The Hall–Kier alpha value is -1.38. The number of halogens is 7. The fraction of sp³-hybridized carbons (Fsp3) is 0.286. The lowest BCUT2D eigenvalue weighted by Gasteiger charge is -2.05. The minimum absolute atomic E-state index is 0.501. The minimum Gasteiger partial charge on any atom is -0.220 e. The molecule has 0 N–H and O–H groups in total. The summed E-state index contributed by atoms with van der Waals surface area (Å²) in [5.41, 5.74) is -1.40. The zero-order valence-corrected chi connectivity index (χ0v) is 8.40. The van der Waals surface area contributed by atoms with E-state index in [1.165, 1.54) is 0 Å². The van der Waals surface area contributed by atoms with Crippen molar-refractivity contribution >= 4 is 22.7 Å². The molecule has 0 saturated carbocycles. The Labute approximate surface area is 95.2 Å². The van der Waals surface area contributed by atoms with Crippen molar-refractivity contribution in [1.82, 2.24) is 9.97 Å². The Bertz CT molecular complexity index is 438. The maximum atomic E-state index is 12.1. The second-order valence-electron chi connectivity index (χ2n) is 2.64. The second kappa shape index (κ2) is 4.47. The lowest BCUT2D eigenvalue weighted by Crippen LogP contribution is -2.17. The van der Waals surface area contributed by atoms with Crippen LogP contribution in [0, 0.1) is 0 Å². The summed E-state index contributed by atoms with van der Waals surface area (Å²) in [6.07, 6.45) is -9.12. The lowest BCUT2D eigenvalue weighted by atomic mass is 10.4. The Kier molecular flexibility index (Phi) is 3.60. The Morgan fingerprint density at radius 2 is 1.76 bits per heavy atom. The molecule has 10 heteroatoms. The van der Waals surface area contributed by atoms with Crippen LogP contribution in [-0.2, 0) is 6.18 Å². The van der Waals surface area contributed by atoms with Crippen molar-refractivity contribution in [2.75, 3.05) is 0 Å². The van der Waals surface area contributed by atoms with Gasteiger partial charge in [-0.2, -0.15) is 31.3 Å². The van der Waals surface area contributed by atoms with Crippen molar-refractivity contribution in [3.05, 3.63) is 18.0 Å². The highest BCUT2D eigenvalue weighted by molar-refractivity contribution is 6.67. The van der Waals surface area contributed by atoms with Gasteiger partial charge in [0.05, 0.1) is 0 Å². The number of alkyl halides is 6. The predicted octanol–water partition coefficient (Wildman–Crippen LogP) is 3.33. The van der Waals surface area contributed by atoms with Crippen LogP contribution in [0.3, 0.4) is 0 Å². The minimum atomic E-state index is -4.96. The van der Waals surface area contributed by atoms with E-state index in [0.717, 1.165) is 0 Å². The van der Waals surface area contributed by atoms with E-state index in [2.05, 4.69) is 15.0 Å². The monoisotopic (exact) mass is 277 g/mol. The molecule has 0 spiro atoms. The molecular formula is C7H2ClF6N3. The van der Waals surface area contributed by atoms with E-state index in [-0.39, 0.29) is 0 Å². The van der Waals surface area contributed by atoms with Crippen LogP contribution in [0.15, 0.2) is 17.3 Å². The van der Waals surface area contributed by atoms with Gasteiger partial charge in [-0.05, 0) is 6.07 Å². The van der Waals surface area contributed by atoms with Crippen molar-refractivity contribution in [2.45, 2.75) is 12.4 Å². The zero-order chi connectivity index (χ0) is 13.3. The quantitative estimate of drug-likeness (QED) is 0.583. The van der Waals surface area contributed by atoms with Crippen molar-refractivity contribution in [3.63, 3.8) is 0 Å². The third kappa shape index (κ3) is 3.84. The summed E-state index contributed by atoms with van der Waals surface area (Å²) in [5, 5.41) is -1.85. The molecule has 1 rings (SSSR count). The number of nitrogens with zero attached hydrogens (tertiary/aromatic N) is 3. The van der Waals surface area contributed by atoms with Gasteiger partial charge >= 0.3 is 12.4 Å². The molecule has 0 fully saturated rings. The van der Waals surface area contributed by atoms with E-state index in [1.807, 2.05) is 0 Å². The number of aliphatic imine (C=N–C) groups is 1. The summed E-state index contributed by atoms with van der Waals surface area (Å²) in [6.45, 7) is 0. The molecule has 0 aliphatic carbocycles. The Balaban J connectivity index is 3.10. The summed E-state index contributed by atoms with van der Waals surface area (Å²) < 4.78 is 72.2. The van der Waals surface area contributed by atoms with Gasteiger partial charge in [-0.3, -0.25) is 0 Å². The first kappa shape index (κ1) is 13.7. The molecule has 0 amide bonds. The molecule has 0 aliphatic heterocycles. The van der Waals surface area contributed by atoms with Gasteiger partial charge in [-0.25, -0.2) is 9.97 Å². The third-order valence-electron chi connectivity index (χ3n) is 1.37. The molecule has 1 aromatic rings. The standard InChI is InChI=1S/C7H2ClF6N3/c8-4(7(12,13)14)17-5-15-2-1-3(16-5)6(9,10)11/h1-2H. The Morgan fingerprint density at radius 3 is 2.24 bits per heavy atom. The van der Waals surface area contributed by atoms with Gasteiger partial charge in [0.1, 0.15) is 5.69 Å². The van der Waals surface area contributed by atoms with Crippen molar-refractivity contribution < 1.29 is 26.3 Å². The highest BCUT2D eigenvalue weighted by Gasteiger charge is 2.36. The van der Waals surface area contributed by atoms with Crippen molar-refractivity contribution in [1.29, 1.82) is 0 Å². The molecule has 0 aromatic carbocycles. The fourth-order valence-electron chi connectivity index (χ4n) is 0.711. The van der Waals surface area contributed by atoms with E-state index < -0.39 is 29.2 Å².